The summed E-state index contributed by atoms with van der Waals surface area (Å²) in [7, 11) is 0. The molecule has 0 N–H and O–H groups in total. The van der Waals surface area contributed by atoms with Gasteiger partial charge in [0.15, 0.2) is 5.78 Å². The number of carbonyl (C=O) groups excluding carboxylic acids is 1. The lowest BCUT2D eigenvalue weighted by molar-refractivity contribution is -0.114. The smallest absolute Gasteiger partial charge is 0.166 e. The van der Waals surface area contributed by atoms with Crippen LogP contribution < -0.4 is 0 Å². The number of ketones is 1. The van der Waals surface area contributed by atoms with Gasteiger partial charge in [-0.15, -0.1) is 0 Å². The lowest BCUT2D eigenvalue weighted by Gasteiger charge is -1.99. The summed E-state index contributed by atoms with van der Waals surface area (Å²) in [5.74, 6) is 0.0199. The van der Waals surface area contributed by atoms with Gasteiger partial charge in [-0.05, 0) is 18.9 Å². The fraction of sp³-hybridized carbons (Fsp3) is 0.267. The van der Waals surface area contributed by atoms with Crippen LogP contribution in [0.15, 0.2) is 60.8 Å². The molecule has 0 radical (unpaired) electrons. The Hall–Kier alpha value is -1.63. The third kappa shape index (κ3) is 6.77. The van der Waals surface area contributed by atoms with E-state index < -0.39 is 0 Å². The van der Waals surface area contributed by atoms with Crippen LogP contribution in [0.25, 0.3) is 0 Å². The maximum atomic E-state index is 11.6. The average Bonchev–Trinajstić information content (AvgIpc) is 2.26. The van der Waals surface area contributed by atoms with Crippen molar-refractivity contribution in [1.29, 1.82) is 0 Å². The molecule has 1 nitrogen and oxygen atoms in total. The van der Waals surface area contributed by atoms with Gasteiger partial charge in [-0.3, -0.25) is 4.79 Å². The van der Waals surface area contributed by atoms with Crippen LogP contribution in [0, 0.1) is 0 Å². The highest BCUT2D eigenvalue weighted by atomic mass is 16.1. The molecule has 0 saturated heterocycles. The van der Waals surface area contributed by atoms with Crippen LogP contribution in [-0.2, 0) is 4.79 Å². The van der Waals surface area contributed by atoms with E-state index in [1.165, 1.54) is 0 Å². The van der Waals surface area contributed by atoms with Crippen molar-refractivity contribution in [2.45, 2.75) is 26.7 Å². The van der Waals surface area contributed by atoms with E-state index in [0.29, 0.717) is 12.0 Å². The zero-order chi connectivity index (χ0) is 12.4. The predicted molar refractivity (Wildman–Crippen MR) is 71.3 cm³/mol. The molecule has 0 rings (SSSR count). The average molecular weight is 216 g/mol. The Balaban J connectivity index is 4.21. The van der Waals surface area contributed by atoms with Crippen molar-refractivity contribution in [3.05, 3.63) is 60.8 Å². The van der Waals surface area contributed by atoms with E-state index in [9.17, 15) is 4.79 Å². The normalized spacial score (nSPS) is 11.6. The number of rotatable bonds is 7. The standard InChI is InChI=1S/C15H20O/c1-5-7-9-11-14(4)15(16)12-13(3)10-8-6-2/h5,7-11H,3-4,6,12H2,1-2H3/b7-5-,10-8-,11-9-. The van der Waals surface area contributed by atoms with Crippen LogP contribution in [0.3, 0.4) is 0 Å². The number of carbonyl (C=O) groups is 1. The largest absolute Gasteiger partial charge is 0.294 e. The molecule has 0 aromatic heterocycles. The molecule has 0 saturated carbocycles. The molecule has 0 aliphatic carbocycles. The molecule has 0 aromatic carbocycles. The monoisotopic (exact) mass is 216 g/mol. The highest BCUT2D eigenvalue weighted by Gasteiger charge is 2.04. The summed E-state index contributed by atoms with van der Waals surface area (Å²) in [5, 5.41) is 0. The van der Waals surface area contributed by atoms with Gasteiger partial charge in [-0.1, -0.05) is 56.5 Å². The Morgan fingerprint density at radius 2 is 1.88 bits per heavy atom. The summed E-state index contributed by atoms with van der Waals surface area (Å²) >= 11 is 0. The van der Waals surface area contributed by atoms with Gasteiger partial charge in [-0.2, -0.15) is 0 Å². The molecule has 0 bridgehead atoms. The molecule has 0 unspecified atom stereocenters. The first-order chi connectivity index (χ1) is 7.61. The summed E-state index contributed by atoms with van der Waals surface area (Å²) in [4.78, 5) is 11.6. The summed E-state index contributed by atoms with van der Waals surface area (Å²) in [5.41, 5.74) is 1.34. The molecule has 16 heavy (non-hydrogen) atoms. The van der Waals surface area contributed by atoms with Gasteiger partial charge in [0.2, 0.25) is 0 Å². The predicted octanol–water partition coefficient (Wildman–Crippen LogP) is 4.16. The van der Waals surface area contributed by atoms with Gasteiger partial charge in [0, 0.05) is 12.0 Å². The Morgan fingerprint density at radius 1 is 1.19 bits per heavy atom. The molecule has 0 fully saturated rings. The second-order valence-electron chi connectivity index (χ2n) is 3.48. The van der Waals surface area contributed by atoms with Gasteiger partial charge in [-0.25, -0.2) is 0 Å². The van der Waals surface area contributed by atoms with Gasteiger partial charge >= 0.3 is 0 Å². The summed E-state index contributed by atoms with van der Waals surface area (Å²) < 4.78 is 0. The zero-order valence-corrected chi connectivity index (χ0v) is 10.2. The Morgan fingerprint density at radius 3 is 2.44 bits per heavy atom. The SMILES string of the molecule is C=C(/C=C\CC)CC(=O)C(=C)/C=C\C=C/C. The van der Waals surface area contributed by atoms with Crippen LogP contribution in [0.4, 0.5) is 0 Å². The molecule has 0 aliphatic heterocycles. The van der Waals surface area contributed by atoms with Crippen molar-refractivity contribution in [1.82, 2.24) is 0 Å². The van der Waals surface area contributed by atoms with E-state index in [2.05, 4.69) is 13.2 Å². The van der Waals surface area contributed by atoms with Crippen molar-refractivity contribution < 1.29 is 4.79 Å². The highest BCUT2D eigenvalue weighted by Crippen LogP contribution is 2.07. The molecule has 0 amide bonds. The lowest BCUT2D eigenvalue weighted by atomic mass is 10.0. The lowest BCUT2D eigenvalue weighted by Crippen LogP contribution is -1.99. The highest BCUT2D eigenvalue weighted by molar-refractivity contribution is 5.99. The van der Waals surface area contributed by atoms with Crippen molar-refractivity contribution in [2.75, 3.05) is 0 Å². The van der Waals surface area contributed by atoms with Crippen LogP contribution in [0.5, 0.6) is 0 Å². The van der Waals surface area contributed by atoms with Crippen molar-refractivity contribution >= 4 is 5.78 Å². The number of hydrogen-bond donors (Lipinski definition) is 0. The van der Waals surface area contributed by atoms with Crippen molar-refractivity contribution in [3.63, 3.8) is 0 Å². The van der Waals surface area contributed by atoms with E-state index in [0.717, 1.165) is 12.0 Å². The summed E-state index contributed by atoms with van der Waals surface area (Å²) in [6, 6.07) is 0. The number of allylic oxidation sites excluding steroid dienone is 8. The molecule has 0 atom stereocenters. The minimum Gasteiger partial charge on any atom is -0.294 e. The molecule has 0 heterocycles. The first-order valence-electron chi connectivity index (χ1n) is 5.47. The molecular weight excluding hydrogens is 196 g/mol. The second kappa shape index (κ2) is 8.66. The third-order valence-electron chi connectivity index (χ3n) is 1.94. The summed E-state index contributed by atoms with van der Waals surface area (Å²) in [6.45, 7) is 11.5. The van der Waals surface area contributed by atoms with Gasteiger partial charge in [0.25, 0.3) is 0 Å². The van der Waals surface area contributed by atoms with Gasteiger partial charge in [0.05, 0.1) is 0 Å². The number of Topliss-reactive ketones (excluding diaryl/α,β-unsaturated/α-hetero) is 1. The van der Waals surface area contributed by atoms with E-state index >= 15 is 0 Å². The first-order valence-corrected chi connectivity index (χ1v) is 5.47. The zero-order valence-electron chi connectivity index (χ0n) is 10.2. The van der Waals surface area contributed by atoms with E-state index in [1.54, 1.807) is 6.08 Å². The van der Waals surface area contributed by atoms with Crippen LogP contribution in [0.2, 0.25) is 0 Å². The minimum absolute atomic E-state index is 0.0199. The Kier molecular flexibility index (Phi) is 7.78. The molecule has 0 aliphatic rings. The van der Waals surface area contributed by atoms with E-state index in [-0.39, 0.29) is 5.78 Å². The van der Waals surface area contributed by atoms with Crippen LogP contribution in [0.1, 0.15) is 26.7 Å². The minimum atomic E-state index is 0.0199. The van der Waals surface area contributed by atoms with Crippen LogP contribution >= 0.6 is 0 Å². The maximum absolute atomic E-state index is 11.6. The Bertz CT molecular complexity index is 340. The van der Waals surface area contributed by atoms with Gasteiger partial charge < -0.3 is 0 Å². The van der Waals surface area contributed by atoms with E-state index in [4.69, 9.17) is 0 Å². The fourth-order valence-electron chi connectivity index (χ4n) is 1.04. The molecule has 1 heteroatoms. The van der Waals surface area contributed by atoms with Crippen molar-refractivity contribution in [2.24, 2.45) is 0 Å². The molecule has 86 valence electrons. The maximum Gasteiger partial charge on any atom is 0.166 e. The molecule has 0 spiro atoms. The Labute approximate surface area is 98.6 Å². The topological polar surface area (TPSA) is 17.1 Å². The number of hydrogen-bond acceptors (Lipinski definition) is 1. The van der Waals surface area contributed by atoms with Crippen molar-refractivity contribution in [3.8, 4) is 0 Å². The van der Waals surface area contributed by atoms with Gasteiger partial charge in [0.1, 0.15) is 0 Å². The summed E-state index contributed by atoms with van der Waals surface area (Å²) in [6.07, 6.45) is 12.5. The third-order valence-corrected chi connectivity index (χ3v) is 1.94. The fourth-order valence-corrected chi connectivity index (χ4v) is 1.04. The second-order valence-corrected chi connectivity index (χ2v) is 3.48. The quantitative estimate of drug-likeness (QED) is 0.461. The van der Waals surface area contributed by atoms with E-state index in [1.807, 2.05) is 44.2 Å². The molecule has 0 aromatic rings. The molecular formula is C15H20O. The first kappa shape index (κ1) is 14.4. The van der Waals surface area contributed by atoms with Crippen LogP contribution in [-0.4, -0.2) is 5.78 Å².